The van der Waals surface area contributed by atoms with E-state index >= 15 is 0 Å². The molecule has 0 radical (unpaired) electrons. The maximum atomic E-state index is 11.9. The summed E-state index contributed by atoms with van der Waals surface area (Å²) in [5, 5.41) is 3.65. The monoisotopic (exact) mass is 318 g/mol. The van der Waals surface area contributed by atoms with Crippen LogP contribution in [0.2, 0.25) is 0 Å². The predicted octanol–water partition coefficient (Wildman–Crippen LogP) is 1.81. The highest BCUT2D eigenvalue weighted by Crippen LogP contribution is 2.19. The Morgan fingerprint density at radius 1 is 1.35 bits per heavy atom. The molecule has 1 unspecified atom stereocenters. The molecule has 3 N–H and O–H groups in total. The van der Waals surface area contributed by atoms with Crippen molar-refractivity contribution in [2.24, 2.45) is 5.73 Å². The van der Waals surface area contributed by atoms with Gasteiger partial charge in [0.1, 0.15) is 11.3 Å². The quantitative estimate of drug-likeness (QED) is 0.724. The average Bonchev–Trinajstić information content (AvgIpc) is 2.56. The van der Waals surface area contributed by atoms with E-state index in [2.05, 4.69) is 12.2 Å². The van der Waals surface area contributed by atoms with Crippen molar-refractivity contribution in [2.75, 3.05) is 13.2 Å². The van der Waals surface area contributed by atoms with Crippen LogP contribution in [0, 0.1) is 0 Å². The first-order valence-corrected chi connectivity index (χ1v) is 7.78. The lowest BCUT2D eigenvalue weighted by molar-refractivity contribution is -0.123. The molecule has 0 spiro atoms. The fraction of sp³-hybridized carbons (Fsp3) is 0.412. The van der Waals surface area contributed by atoms with Gasteiger partial charge in [0.15, 0.2) is 6.61 Å². The van der Waals surface area contributed by atoms with Crippen LogP contribution in [0.5, 0.6) is 5.75 Å². The molecule has 6 nitrogen and oxygen atoms in total. The maximum Gasteiger partial charge on any atom is 0.336 e. The van der Waals surface area contributed by atoms with Crippen LogP contribution in [0.1, 0.15) is 26.2 Å². The third-order valence-electron chi connectivity index (χ3n) is 3.52. The van der Waals surface area contributed by atoms with Gasteiger partial charge < -0.3 is 20.2 Å². The van der Waals surface area contributed by atoms with Gasteiger partial charge in [0.25, 0.3) is 5.91 Å². The number of carbonyl (C=O) groups is 1. The van der Waals surface area contributed by atoms with Gasteiger partial charge in [-0.25, -0.2) is 4.79 Å². The maximum absolute atomic E-state index is 11.9. The summed E-state index contributed by atoms with van der Waals surface area (Å²) in [7, 11) is 0. The molecule has 2 rings (SSSR count). The molecule has 2 aromatic rings. The van der Waals surface area contributed by atoms with E-state index in [0.29, 0.717) is 17.9 Å². The first kappa shape index (κ1) is 17.0. The normalized spacial score (nSPS) is 12.1. The molecule has 0 aliphatic heterocycles. The zero-order valence-corrected chi connectivity index (χ0v) is 13.2. The number of unbranched alkanes of at least 4 members (excludes halogenated alkanes) is 1. The minimum absolute atomic E-state index is 0.0272. The first-order valence-electron chi connectivity index (χ1n) is 7.78. The van der Waals surface area contributed by atoms with E-state index in [-0.39, 0.29) is 18.6 Å². The molecular formula is C17H22N2O4. The van der Waals surface area contributed by atoms with E-state index in [0.717, 1.165) is 24.6 Å². The largest absolute Gasteiger partial charge is 0.484 e. The Balaban J connectivity index is 1.92. The zero-order valence-electron chi connectivity index (χ0n) is 13.2. The molecule has 0 fully saturated rings. The molecule has 1 aromatic carbocycles. The summed E-state index contributed by atoms with van der Waals surface area (Å²) in [6, 6.07) is 8.11. The Bertz CT molecular complexity index is 711. The Kier molecular flexibility index (Phi) is 6.17. The Morgan fingerprint density at radius 2 is 2.13 bits per heavy atom. The fourth-order valence-corrected chi connectivity index (χ4v) is 2.25. The lowest BCUT2D eigenvalue weighted by atomic mass is 10.1. The third kappa shape index (κ3) is 5.10. The second-order valence-electron chi connectivity index (χ2n) is 5.39. The van der Waals surface area contributed by atoms with Gasteiger partial charge in [0.2, 0.25) is 0 Å². The molecule has 1 heterocycles. The number of nitrogens with two attached hydrogens (primary N) is 1. The van der Waals surface area contributed by atoms with Gasteiger partial charge in [-0.3, -0.25) is 4.79 Å². The number of fused-ring (bicyclic) bond motifs is 1. The van der Waals surface area contributed by atoms with Crippen LogP contribution in [-0.2, 0) is 4.79 Å². The van der Waals surface area contributed by atoms with E-state index in [1.807, 2.05) is 0 Å². The number of hydrogen-bond donors (Lipinski definition) is 2. The van der Waals surface area contributed by atoms with Crippen LogP contribution >= 0.6 is 0 Å². The Morgan fingerprint density at radius 3 is 2.87 bits per heavy atom. The highest BCUT2D eigenvalue weighted by atomic mass is 16.5. The number of amides is 1. The predicted molar refractivity (Wildman–Crippen MR) is 88.5 cm³/mol. The van der Waals surface area contributed by atoms with Gasteiger partial charge in [-0.05, 0) is 24.6 Å². The minimum Gasteiger partial charge on any atom is -0.484 e. The lowest BCUT2D eigenvalue weighted by Crippen LogP contribution is -2.42. The van der Waals surface area contributed by atoms with Gasteiger partial charge in [0.05, 0.1) is 0 Å². The number of ether oxygens (including phenoxy) is 1. The highest BCUT2D eigenvalue weighted by molar-refractivity contribution is 5.79. The smallest absolute Gasteiger partial charge is 0.336 e. The highest BCUT2D eigenvalue weighted by Gasteiger charge is 2.11. The molecule has 1 amide bonds. The molecule has 6 heteroatoms. The standard InChI is InChI=1S/C17H22N2O4/c1-2-3-4-13(10-18)19-16(20)11-22-14-7-5-12-6-8-17(21)23-15(12)9-14/h5-9,13H,2-4,10-11,18H2,1H3,(H,19,20). The molecule has 124 valence electrons. The Hall–Kier alpha value is -2.34. The molecule has 0 bridgehead atoms. The summed E-state index contributed by atoms with van der Waals surface area (Å²) in [6.07, 6.45) is 2.94. The van der Waals surface area contributed by atoms with E-state index < -0.39 is 5.63 Å². The van der Waals surface area contributed by atoms with Crippen LogP contribution < -0.4 is 21.4 Å². The second kappa shape index (κ2) is 8.33. The van der Waals surface area contributed by atoms with Crippen LogP contribution in [0.3, 0.4) is 0 Å². The molecule has 0 saturated heterocycles. The van der Waals surface area contributed by atoms with Crippen molar-refractivity contribution >= 4 is 16.9 Å². The number of carbonyl (C=O) groups excluding carboxylic acids is 1. The van der Waals surface area contributed by atoms with Crippen LogP contribution in [0.25, 0.3) is 11.0 Å². The van der Waals surface area contributed by atoms with Crippen molar-refractivity contribution in [3.8, 4) is 5.75 Å². The SMILES string of the molecule is CCCCC(CN)NC(=O)COc1ccc2ccc(=O)oc2c1. The van der Waals surface area contributed by atoms with Crippen molar-refractivity contribution < 1.29 is 13.9 Å². The van der Waals surface area contributed by atoms with Gasteiger partial charge in [-0.1, -0.05) is 19.8 Å². The summed E-state index contributed by atoms with van der Waals surface area (Å²) in [4.78, 5) is 23.1. The van der Waals surface area contributed by atoms with Gasteiger partial charge in [0, 0.05) is 30.1 Å². The fourth-order valence-electron chi connectivity index (χ4n) is 2.25. The number of nitrogens with one attached hydrogen (secondary N) is 1. The summed E-state index contributed by atoms with van der Waals surface area (Å²) >= 11 is 0. The van der Waals surface area contributed by atoms with Crippen molar-refractivity contribution in [2.45, 2.75) is 32.2 Å². The summed E-state index contributed by atoms with van der Waals surface area (Å²) in [5.41, 5.74) is 5.65. The second-order valence-corrected chi connectivity index (χ2v) is 5.39. The van der Waals surface area contributed by atoms with Crippen molar-refractivity contribution in [1.29, 1.82) is 0 Å². The van der Waals surface area contributed by atoms with Gasteiger partial charge in [-0.2, -0.15) is 0 Å². The van der Waals surface area contributed by atoms with E-state index in [9.17, 15) is 9.59 Å². The molecule has 0 aliphatic carbocycles. The molecule has 1 atom stereocenters. The van der Waals surface area contributed by atoms with E-state index in [4.69, 9.17) is 14.9 Å². The Labute approximate surface area is 134 Å². The summed E-state index contributed by atoms with van der Waals surface area (Å²) in [5.74, 6) is 0.256. The van der Waals surface area contributed by atoms with Crippen LogP contribution in [0.4, 0.5) is 0 Å². The zero-order chi connectivity index (χ0) is 16.7. The van der Waals surface area contributed by atoms with Crippen LogP contribution in [0.15, 0.2) is 39.5 Å². The number of rotatable bonds is 8. The van der Waals surface area contributed by atoms with E-state index in [1.165, 1.54) is 6.07 Å². The minimum atomic E-state index is -0.422. The molecule has 0 aliphatic rings. The molecular weight excluding hydrogens is 296 g/mol. The van der Waals surface area contributed by atoms with Crippen molar-refractivity contribution in [3.05, 3.63) is 40.8 Å². The molecule has 23 heavy (non-hydrogen) atoms. The average molecular weight is 318 g/mol. The number of benzene rings is 1. The van der Waals surface area contributed by atoms with Crippen LogP contribution in [-0.4, -0.2) is 25.1 Å². The summed E-state index contributed by atoms with van der Waals surface area (Å²) < 4.78 is 10.5. The van der Waals surface area contributed by atoms with E-state index in [1.54, 1.807) is 24.3 Å². The van der Waals surface area contributed by atoms with Crippen molar-refractivity contribution in [1.82, 2.24) is 5.32 Å². The van der Waals surface area contributed by atoms with Gasteiger partial charge >= 0.3 is 5.63 Å². The topological polar surface area (TPSA) is 94.6 Å². The number of hydrogen-bond acceptors (Lipinski definition) is 5. The van der Waals surface area contributed by atoms with Gasteiger partial charge in [-0.15, -0.1) is 0 Å². The summed E-state index contributed by atoms with van der Waals surface area (Å²) in [6.45, 7) is 2.40. The third-order valence-corrected chi connectivity index (χ3v) is 3.52. The first-order chi connectivity index (χ1) is 11.1. The lowest BCUT2D eigenvalue weighted by Gasteiger charge is -2.16. The molecule has 0 saturated carbocycles. The van der Waals surface area contributed by atoms with Crippen molar-refractivity contribution in [3.63, 3.8) is 0 Å². The molecule has 1 aromatic heterocycles.